The maximum Gasteiger partial charge on any atom is 0.161 e. The molecule has 1 aromatic carbocycles. The van der Waals surface area contributed by atoms with Crippen molar-refractivity contribution in [3.05, 3.63) is 36.5 Å². The van der Waals surface area contributed by atoms with E-state index >= 15 is 0 Å². The number of nitrogens with zero attached hydrogens (tertiary/aromatic N) is 4. The molecule has 3 aromatic rings. The second kappa shape index (κ2) is 4.47. The van der Waals surface area contributed by atoms with Crippen LogP contribution in [0.4, 0.5) is 4.39 Å². The number of benzene rings is 1. The van der Waals surface area contributed by atoms with Gasteiger partial charge in [0.1, 0.15) is 11.5 Å². The molecule has 98 valence electrons. The van der Waals surface area contributed by atoms with E-state index in [4.69, 9.17) is 5.73 Å². The topological polar surface area (TPSA) is 61.7 Å². The van der Waals surface area contributed by atoms with Crippen molar-refractivity contribution in [2.45, 2.75) is 6.54 Å². The lowest BCUT2D eigenvalue weighted by molar-refractivity contribution is 0.629. The van der Waals surface area contributed by atoms with Crippen molar-refractivity contribution >= 4 is 11.0 Å². The Morgan fingerprint density at radius 3 is 3.00 bits per heavy atom. The SMILES string of the molecule is Cn1c(-c2cn(CCN)cn2)nc2cc(F)ccc21. The number of hydrogen-bond acceptors (Lipinski definition) is 3. The minimum absolute atomic E-state index is 0.286. The molecule has 0 saturated carbocycles. The normalized spacial score (nSPS) is 11.3. The first kappa shape index (κ1) is 11.9. The van der Waals surface area contributed by atoms with Gasteiger partial charge in [0, 0.05) is 32.4 Å². The summed E-state index contributed by atoms with van der Waals surface area (Å²) in [4.78, 5) is 8.75. The Morgan fingerprint density at radius 1 is 1.37 bits per heavy atom. The third-order valence-electron chi connectivity index (χ3n) is 3.09. The molecule has 0 unspecified atom stereocenters. The lowest BCUT2D eigenvalue weighted by atomic mass is 10.3. The van der Waals surface area contributed by atoms with Gasteiger partial charge in [-0.15, -0.1) is 0 Å². The van der Waals surface area contributed by atoms with Crippen LogP contribution in [0.3, 0.4) is 0 Å². The van der Waals surface area contributed by atoms with Gasteiger partial charge in [-0.25, -0.2) is 14.4 Å². The molecular weight excluding hydrogens is 245 g/mol. The van der Waals surface area contributed by atoms with Gasteiger partial charge in [0.05, 0.1) is 17.4 Å². The van der Waals surface area contributed by atoms with Crippen LogP contribution in [-0.4, -0.2) is 25.6 Å². The minimum atomic E-state index is -0.286. The van der Waals surface area contributed by atoms with Gasteiger partial charge in [0.2, 0.25) is 0 Å². The van der Waals surface area contributed by atoms with Gasteiger partial charge in [-0.3, -0.25) is 0 Å². The number of rotatable bonds is 3. The van der Waals surface area contributed by atoms with E-state index in [2.05, 4.69) is 9.97 Å². The fourth-order valence-electron chi connectivity index (χ4n) is 2.15. The maximum absolute atomic E-state index is 13.2. The molecule has 0 bridgehead atoms. The quantitative estimate of drug-likeness (QED) is 0.776. The van der Waals surface area contributed by atoms with E-state index in [1.807, 2.05) is 22.4 Å². The lowest BCUT2D eigenvalue weighted by Gasteiger charge is -1.99. The van der Waals surface area contributed by atoms with E-state index in [1.54, 1.807) is 12.4 Å². The number of aromatic nitrogens is 4. The summed E-state index contributed by atoms with van der Waals surface area (Å²) >= 11 is 0. The van der Waals surface area contributed by atoms with Gasteiger partial charge in [0.15, 0.2) is 5.82 Å². The minimum Gasteiger partial charge on any atom is -0.335 e. The van der Waals surface area contributed by atoms with Crippen molar-refractivity contribution in [1.29, 1.82) is 0 Å². The van der Waals surface area contributed by atoms with Crippen molar-refractivity contribution in [1.82, 2.24) is 19.1 Å². The van der Waals surface area contributed by atoms with E-state index in [9.17, 15) is 4.39 Å². The zero-order chi connectivity index (χ0) is 13.4. The highest BCUT2D eigenvalue weighted by Gasteiger charge is 2.12. The fraction of sp³-hybridized carbons (Fsp3) is 0.231. The second-order valence-corrected chi connectivity index (χ2v) is 4.41. The van der Waals surface area contributed by atoms with Gasteiger partial charge in [-0.2, -0.15) is 0 Å². The van der Waals surface area contributed by atoms with Crippen molar-refractivity contribution in [3.8, 4) is 11.5 Å². The summed E-state index contributed by atoms with van der Waals surface area (Å²) in [6.07, 6.45) is 3.62. The first-order valence-corrected chi connectivity index (χ1v) is 6.03. The van der Waals surface area contributed by atoms with Crippen LogP contribution in [0.2, 0.25) is 0 Å². The van der Waals surface area contributed by atoms with Crippen LogP contribution in [0, 0.1) is 5.82 Å². The first-order chi connectivity index (χ1) is 9.19. The van der Waals surface area contributed by atoms with Crippen molar-refractivity contribution in [2.24, 2.45) is 12.8 Å². The Kier molecular flexibility index (Phi) is 2.79. The Hall–Kier alpha value is -2.21. The molecular formula is C13H14FN5. The summed E-state index contributed by atoms with van der Waals surface area (Å²) in [6, 6.07) is 4.58. The van der Waals surface area contributed by atoms with E-state index in [-0.39, 0.29) is 5.82 Å². The maximum atomic E-state index is 13.2. The Balaban J connectivity index is 2.10. The van der Waals surface area contributed by atoms with Crippen molar-refractivity contribution < 1.29 is 4.39 Å². The predicted octanol–water partition coefficient (Wildman–Crippen LogP) is 1.53. The summed E-state index contributed by atoms with van der Waals surface area (Å²) in [5.74, 6) is 0.433. The zero-order valence-corrected chi connectivity index (χ0v) is 10.5. The molecule has 2 N–H and O–H groups in total. The Morgan fingerprint density at radius 2 is 2.21 bits per heavy atom. The summed E-state index contributed by atoms with van der Waals surface area (Å²) in [5, 5.41) is 0. The molecule has 0 aliphatic carbocycles. The molecule has 0 aliphatic rings. The highest BCUT2D eigenvalue weighted by atomic mass is 19.1. The molecule has 5 nitrogen and oxygen atoms in total. The molecule has 6 heteroatoms. The largest absolute Gasteiger partial charge is 0.335 e. The molecule has 0 aliphatic heterocycles. The molecule has 19 heavy (non-hydrogen) atoms. The third-order valence-corrected chi connectivity index (χ3v) is 3.09. The molecule has 0 amide bonds. The highest BCUT2D eigenvalue weighted by molar-refractivity contribution is 5.79. The molecule has 0 radical (unpaired) electrons. The van der Waals surface area contributed by atoms with Crippen LogP contribution in [-0.2, 0) is 13.6 Å². The molecule has 3 rings (SSSR count). The van der Waals surface area contributed by atoms with Crippen LogP contribution in [0.1, 0.15) is 0 Å². The number of hydrogen-bond donors (Lipinski definition) is 1. The molecule has 0 saturated heterocycles. The van der Waals surface area contributed by atoms with Gasteiger partial charge in [-0.05, 0) is 12.1 Å². The second-order valence-electron chi connectivity index (χ2n) is 4.41. The summed E-state index contributed by atoms with van der Waals surface area (Å²) in [5.41, 5.74) is 7.77. The van der Waals surface area contributed by atoms with E-state index < -0.39 is 0 Å². The van der Waals surface area contributed by atoms with Crippen LogP contribution >= 0.6 is 0 Å². The Bertz CT molecular complexity index is 728. The molecule has 2 heterocycles. The molecule has 0 atom stereocenters. The summed E-state index contributed by atoms with van der Waals surface area (Å²) in [6.45, 7) is 1.27. The fourth-order valence-corrected chi connectivity index (χ4v) is 2.15. The van der Waals surface area contributed by atoms with Crippen molar-refractivity contribution in [3.63, 3.8) is 0 Å². The molecule has 0 spiro atoms. The van der Waals surface area contributed by atoms with Gasteiger partial charge in [-0.1, -0.05) is 0 Å². The molecule has 0 fully saturated rings. The van der Waals surface area contributed by atoms with Crippen LogP contribution in [0.5, 0.6) is 0 Å². The van der Waals surface area contributed by atoms with E-state index in [0.29, 0.717) is 18.6 Å². The van der Waals surface area contributed by atoms with Crippen LogP contribution < -0.4 is 5.73 Å². The van der Waals surface area contributed by atoms with Crippen molar-refractivity contribution in [2.75, 3.05) is 6.54 Å². The summed E-state index contributed by atoms with van der Waals surface area (Å²) < 4.78 is 17.0. The zero-order valence-electron chi connectivity index (χ0n) is 10.5. The average molecular weight is 259 g/mol. The summed E-state index contributed by atoms with van der Waals surface area (Å²) in [7, 11) is 1.89. The Labute approximate surface area is 109 Å². The van der Waals surface area contributed by atoms with Gasteiger partial charge >= 0.3 is 0 Å². The average Bonchev–Trinajstić information content (AvgIpc) is 2.95. The first-order valence-electron chi connectivity index (χ1n) is 6.03. The number of halogens is 1. The number of fused-ring (bicyclic) bond motifs is 1. The van der Waals surface area contributed by atoms with E-state index in [0.717, 1.165) is 17.0 Å². The highest BCUT2D eigenvalue weighted by Crippen LogP contribution is 2.22. The van der Waals surface area contributed by atoms with Crippen LogP contribution in [0.25, 0.3) is 22.6 Å². The smallest absolute Gasteiger partial charge is 0.161 e. The van der Waals surface area contributed by atoms with Crippen LogP contribution in [0.15, 0.2) is 30.7 Å². The van der Waals surface area contributed by atoms with Gasteiger partial charge in [0.25, 0.3) is 0 Å². The monoisotopic (exact) mass is 259 g/mol. The van der Waals surface area contributed by atoms with E-state index in [1.165, 1.54) is 12.1 Å². The van der Waals surface area contributed by atoms with Gasteiger partial charge < -0.3 is 14.9 Å². The third kappa shape index (κ3) is 2.00. The molecule has 2 aromatic heterocycles. The number of nitrogens with two attached hydrogens (primary N) is 1. The lowest BCUT2D eigenvalue weighted by Crippen LogP contribution is -2.07. The standard InChI is InChI=1S/C13H14FN5/c1-18-12-3-2-9(14)6-10(12)17-13(18)11-7-19(5-4-15)8-16-11/h2-3,6-8H,4-5,15H2,1H3. The number of aryl methyl sites for hydroxylation is 1. The predicted molar refractivity (Wildman–Crippen MR) is 70.9 cm³/mol. The number of imidazole rings is 2.